The van der Waals surface area contributed by atoms with Gasteiger partial charge in [-0.3, -0.25) is 4.99 Å². The fraction of sp³-hybridized carbons (Fsp3) is 0. The maximum atomic E-state index is 9.09. The van der Waals surface area contributed by atoms with Crippen molar-refractivity contribution in [2.75, 3.05) is 0 Å². The Morgan fingerprint density at radius 3 is 2.20 bits per heavy atom. The molecular weight excluding hydrogens is 186 g/mol. The van der Waals surface area contributed by atoms with E-state index < -0.39 is 0 Å². The molecule has 2 nitrogen and oxygen atoms in total. The quantitative estimate of drug-likeness (QED) is 0.737. The van der Waals surface area contributed by atoms with Crippen molar-refractivity contribution in [3.63, 3.8) is 0 Å². The third-order valence-corrected chi connectivity index (χ3v) is 2.01. The minimum atomic E-state index is 0.258. The van der Waals surface area contributed by atoms with Crippen LogP contribution in [0.1, 0.15) is 5.56 Å². The molecule has 1 N–H and O–H groups in total. The highest BCUT2D eigenvalue weighted by Gasteiger charge is 1.89. The van der Waals surface area contributed by atoms with E-state index in [9.17, 15) is 0 Å². The first kappa shape index (κ1) is 9.46. The summed E-state index contributed by atoms with van der Waals surface area (Å²) in [6.07, 6.45) is 1.80. The molecule has 2 heteroatoms. The summed E-state index contributed by atoms with van der Waals surface area (Å²) >= 11 is 0. The molecule has 0 radical (unpaired) electrons. The van der Waals surface area contributed by atoms with Gasteiger partial charge in [-0.05, 0) is 29.8 Å². The number of aromatic hydroxyl groups is 1. The second-order valence-corrected chi connectivity index (χ2v) is 3.19. The van der Waals surface area contributed by atoms with Crippen LogP contribution in [0.2, 0.25) is 0 Å². The maximum absolute atomic E-state index is 9.09. The molecule has 2 aromatic rings. The number of hydrogen-bond acceptors (Lipinski definition) is 2. The lowest BCUT2D eigenvalue weighted by Gasteiger charge is -1.94. The molecule has 2 rings (SSSR count). The number of nitrogens with zero attached hydrogens (tertiary/aromatic N) is 1. The fourth-order valence-electron chi connectivity index (χ4n) is 1.23. The molecule has 0 saturated heterocycles. The van der Waals surface area contributed by atoms with E-state index in [1.54, 1.807) is 30.5 Å². The molecule has 0 bridgehead atoms. The van der Waals surface area contributed by atoms with E-state index in [2.05, 4.69) is 4.99 Å². The predicted octanol–water partition coefficient (Wildman–Crippen LogP) is 3.14. The first-order valence-corrected chi connectivity index (χ1v) is 4.73. The molecule has 0 saturated carbocycles. The summed E-state index contributed by atoms with van der Waals surface area (Å²) in [4.78, 5) is 4.28. The Kier molecular flexibility index (Phi) is 2.79. The van der Waals surface area contributed by atoms with Gasteiger partial charge in [0.1, 0.15) is 5.75 Å². The molecule has 0 unspecified atom stereocenters. The van der Waals surface area contributed by atoms with Crippen LogP contribution in [0.25, 0.3) is 0 Å². The minimum absolute atomic E-state index is 0.258. The van der Waals surface area contributed by atoms with Gasteiger partial charge in [0.25, 0.3) is 0 Å². The van der Waals surface area contributed by atoms with Gasteiger partial charge in [-0.2, -0.15) is 0 Å². The van der Waals surface area contributed by atoms with Crippen LogP contribution >= 0.6 is 0 Å². The van der Waals surface area contributed by atoms with Gasteiger partial charge in [0.05, 0.1) is 5.69 Å². The molecule has 0 aliphatic rings. The van der Waals surface area contributed by atoms with Crippen molar-refractivity contribution in [1.29, 1.82) is 0 Å². The maximum Gasteiger partial charge on any atom is 0.115 e. The van der Waals surface area contributed by atoms with Crippen molar-refractivity contribution in [2.45, 2.75) is 0 Å². The van der Waals surface area contributed by atoms with Gasteiger partial charge in [0.2, 0.25) is 0 Å². The van der Waals surface area contributed by atoms with Gasteiger partial charge in [0.15, 0.2) is 0 Å². The molecule has 2 aromatic carbocycles. The molecule has 0 fully saturated rings. The van der Waals surface area contributed by atoms with Crippen molar-refractivity contribution in [3.05, 3.63) is 60.2 Å². The third kappa shape index (κ3) is 2.68. The average molecular weight is 197 g/mol. The van der Waals surface area contributed by atoms with Crippen LogP contribution in [0.4, 0.5) is 5.69 Å². The minimum Gasteiger partial charge on any atom is -0.508 e. The normalized spacial score (nSPS) is 10.7. The zero-order valence-electron chi connectivity index (χ0n) is 8.17. The molecule has 0 spiro atoms. The Morgan fingerprint density at radius 2 is 1.53 bits per heavy atom. The number of hydrogen-bond donors (Lipinski definition) is 1. The summed E-state index contributed by atoms with van der Waals surface area (Å²) in [5.74, 6) is 0.258. The van der Waals surface area contributed by atoms with E-state index in [1.165, 1.54) is 0 Å². The number of phenols is 1. The van der Waals surface area contributed by atoms with E-state index >= 15 is 0 Å². The SMILES string of the molecule is Oc1ccc(/N=C/c2ccccc2)cc1. The van der Waals surface area contributed by atoms with Crippen LogP contribution < -0.4 is 0 Å². The van der Waals surface area contributed by atoms with Gasteiger partial charge in [-0.1, -0.05) is 30.3 Å². The van der Waals surface area contributed by atoms with Crippen molar-refractivity contribution < 1.29 is 5.11 Å². The zero-order chi connectivity index (χ0) is 10.5. The molecule has 0 atom stereocenters. The summed E-state index contributed by atoms with van der Waals surface area (Å²) in [6.45, 7) is 0. The van der Waals surface area contributed by atoms with Gasteiger partial charge in [0, 0.05) is 6.21 Å². The summed E-state index contributed by atoms with van der Waals surface area (Å²) < 4.78 is 0. The Bertz CT molecular complexity index is 446. The topological polar surface area (TPSA) is 32.6 Å². The molecule has 0 amide bonds. The summed E-state index contributed by atoms with van der Waals surface area (Å²) in [5, 5.41) is 9.09. The second kappa shape index (κ2) is 4.42. The van der Waals surface area contributed by atoms with Gasteiger partial charge in [-0.25, -0.2) is 0 Å². The Balaban J connectivity index is 2.15. The lowest BCUT2D eigenvalue weighted by molar-refractivity contribution is 0.475. The standard InChI is InChI=1S/C13H11NO/c15-13-8-6-12(7-9-13)14-10-11-4-2-1-3-5-11/h1-10,15H/b14-10+. The van der Waals surface area contributed by atoms with Crippen molar-refractivity contribution >= 4 is 11.9 Å². The first-order valence-electron chi connectivity index (χ1n) is 4.73. The molecular formula is C13H11NO. The van der Waals surface area contributed by atoms with Gasteiger partial charge < -0.3 is 5.11 Å². The van der Waals surface area contributed by atoms with E-state index in [0.717, 1.165) is 11.3 Å². The highest BCUT2D eigenvalue weighted by atomic mass is 16.3. The molecule has 0 aromatic heterocycles. The highest BCUT2D eigenvalue weighted by Crippen LogP contribution is 2.16. The average Bonchev–Trinajstić information content (AvgIpc) is 2.30. The fourth-order valence-corrected chi connectivity index (χ4v) is 1.23. The molecule has 15 heavy (non-hydrogen) atoms. The van der Waals surface area contributed by atoms with Gasteiger partial charge in [-0.15, -0.1) is 0 Å². The molecule has 0 heterocycles. The number of aliphatic imine (C=N–C) groups is 1. The summed E-state index contributed by atoms with van der Waals surface area (Å²) in [6, 6.07) is 16.7. The number of benzene rings is 2. The highest BCUT2D eigenvalue weighted by molar-refractivity contribution is 5.81. The van der Waals surface area contributed by atoms with Crippen molar-refractivity contribution in [2.24, 2.45) is 4.99 Å². The van der Waals surface area contributed by atoms with Crippen LogP contribution in [-0.2, 0) is 0 Å². The Morgan fingerprint density at radius 1 is 0.867 bits per heavy atom. The summed E-state index contributed by atoms with van der Waals surface area (Å²) in [7, 11) is 0. The Labute approximate surface area is 88.5 Å². The van der Waals surface area contributed by atoms with Gasteiger partial charge >= 0.3 is 0 Å². The number of phenolic OH excluding ortho intramolecular Hbond substituents is 1. The van der Waals surface area contributed by atoms with Crippen molar-refractivity contribution in [3.8, 4) is 5.75 Å². The van der Waals surface area contributed by atoms with Crippen LogP contribution in [0.3, 0.4) is 0 Å². The van der Waals surface area contributed by atoms with Crippen LogP contribution in [0.15, 0.2) is 59.6 Å². The van der Waals surface area contributed by atoms with E-state index in [0.29, 0.717) is 0 Å². The second-order valence-electron chi connectivity index (χ2n) is 3.19. The molecule has 74 valence electrons. The summed E-state index contributed by atoms with van der Waals surface area (Å²) in [5.41, 5.74) is 1.89. The largest absolute Gasteiger partial charge is 0.508 e. The third-order valence-electron chi connectivity index (χ3n) is 2.01. The number of rotatable bonds is 2. The lowest BCUT2D eigenvalue weighted by Crippen LogP contribution is -1.77. The van der Waals surface area contributed by atoms with E-state index in [4.69, 9.17) is 5.11 Å². The molecule has 0 aliphatic carbocycles. The molecule has 0 aliphatic heterocycles. The van der Waals surface area contributed by atoms with E-state index in [-0.39, 0.29) is 5.75 Å². The monoisotopic (exact) mass is 197 g/mol. The predicted molar refractivity (Wildman–Crippen MR) is 61.8 cm³/mol. The van der Waals surface area contributed by atoms with E-state index in [1.807, 2.05) is 30.3 Å². The van der Waals surface area contributed by atoms with Crippen LogP contribution in [0, 0.1) is 0 Å². The van der Waals surface area contributed by atoms with Crippen LogP contribution in [-0.4, -0.2) is 11.3 Å². The Hall–Kier alpha value is -2.09. The first-order chi connectivity index (χ1) is 7.34. The zero-order valence-corrected chi connectivity index (χ0v) is 8.17. The smallest absolute Gasteiger partial charge is 0.115 e. The van der Waals surface area contributed by atoms with Crippen molar-refractivity contribution in [1.82, 2.24) is 0 Å². The van der Waals surface area contributed by atoms with Crippen LogP contribution in [0.5, 0.6) is 5.75 Å². The lowest BCUT2D eigenvalue weighted by atomic mass is 10.2.